The summed E-state index contributed by atoms with van der Waals surface area (Å²) in [5, 5.41) is 2.66. The Hall–Kier alpha value is -1.89. The molecule has 1 fully saturated rings. The Morgan fingerprint density at radius 1 is 1.33 bits per heavy atom. The van der Waals surface area contributed by atoms with Crippen molar-refractivity contribution in [2.45, 2.75) is 37.1 Å². The Morgan fingerprint density at radius 2 is 2.12 bits per heavy atom. The highest BCUT2D eigenvalue weighted by atomic mass is 79.9. The molecule has 2 unspecified atom stereocenters. The third-order valence-corrected chi connectivity index (χ3v) is 5.18. The van der Waals surface area contributed by atoms with E-state index in [2.05, 4.69) is 21.2 Å². The van der Waals surface area contributed by atoms with E-state index < -0.39 is 6.09 Å². The fourth-order valence-electron chi connectivity index (χ4n) is 3.03. The number of cyclic esters (lactones) is 1. The van der Waals surface area contributed by atoms with Crippen molar-refractivity contribution in [3.05, 3.63) is 29.3 Å². The molecule has 0 aromatic heterocycles. The molecule has 2 aliphatic rings. The van der Waals surface area contributed by atoms with Crippen molar-refractivity contribution in [2.75, 3.05) is 18.0 Å². The van der Waals surface area contributed by atoms with Crippen molar-refractivity contribution in [3.8, 4) is 0 Å². The van der Waals surface area contributed by atoms with Gasteiger partial charge in [-0.25, -0.2) is 4.79 Å². The fourth-order valence-corrected chi connectivity index (χ4v) is 3.61. The maximum Gasteiger partial charge on any atom is 0.414 e. The lowest BCUT2D eigenvalue weighted by molar-refractivity contribution is -0.119. The van der Waals surface area contributed by atoms with Crippen LogP contribution in [-0.2, 0) is 27.2 Å². The lowest BCUT2D eigenvalue weighted by atomic mass is 10.0. The molecular weight excluding hydrogens is 376 g/mol. The molecule has 1 saturated heterocycles. The molecule has 7 heteroatoms. The van der Waals surface area contributed by atoms with Crippen LogP contribution in [-0.4, -0.2) is 41.8 Å². The summed E-state index contributed by atoms with van der Waals surface area (Å²) in [4.78, 5) is 36.4. The number of anilines is 1. The molecule has 0 radical (unpaired) electrons. The van der Waals surface area contributed by atoms with E-state index in [4.69, 9.17) is 4.74 Å². The maximum absolute atomic E-state index is 12.1. The number of hydrogen-bond acceptors (Lipinski definition) is 4. The number of benzene rings is 1. The molecule has 1 aromatic rings. The maximum atomic E-state index is 12.1. The first kappa shape index (κ1) is 17.0. The second-order valence-electron chi connectivity index (χ2n) is 6.14. The van der Waals surface area contributed by atoms with Crippen molar-refractivity contribution in [1.82, 2.24) is 5.32 Å². The van der Waals surface area contributed by atoms with E-state index in [-0.39, 0.29) is 22.6 Å². The molecule has 1 aliphatic carbocycles. The van der Waals surface area contributed by atoms with Gasteiger partial charge in [0.2, 0.25) is 5.91 Å². The van der Waals surface area contributed by atoms with Crippen LogP contribution in [0.3, 0.4) is 0 Å². The minimum atomic E-state index is -0.412. The second kappa shape index (κ2) is 6.93. The smallest absolute Gasteiger partial charge is 0.414 e. The number of carbonyl (C=O) groups is 3. The number of rotatable bonds is 3. The summed E-state index contributed by atoms with van der Waals surface area (Å²) in [5.41, 5.74) is 2.99. The number of ketones is 1. The largest absolute Gasteiger partial charge is 0.442 e. The topological polar surface area (TPSA) is 75.7 Å². The number of ether oxygens (including phenoxy) is 1. The van der Waals surface area contributed by atoms with E-state index in [0.29, 0.717) is 25.9 Å². The van der Waals surface area contributed by atoms with Gasteiger partial charge in [0, 0.05) is 19.0 Å². The summed E-state index contributed by atoms with van der Waals surface area (Å²) in [6, 6.07) is 5.83. The summed E-state index contributed by atoms with van der Waals surface area (Å²) in [6.07, 6.45) is 1.12. The van der Waals surface area contributed by atoms with Crippen molar-refractivity contribution < 1.29 is 19.1 Å². The molecule has 3 rings (SSSR count). The molecule has 0 bridgehead atoms. The monoisotopic (exact) mass is 394 g/mol. The van der Waals surface area contributed by atoms with Gasteiger partial charge in [-0.1, -0.05) is 22.0 Å². The highest BCUT2D eigenvalue weighted by Gasteiger charge is 2.33. The van der Waals surface area contributed by atoms with Crippen LogP contribution in [0.15, 0.2) is 18.2 Å². The molecule has 1 aromatic carbocycles. The number of halogens is 1. The second-order valence-corrected chi connectivity index (χ2v) is 7.25. The zero-order valence-electron chi connectivity index (χ0n) is 13.4. The van der Waals surface area contributed by atoms with Crippen LogP contribution >= 0.6 is 15.9 Å². The lowest BCUT2D eigenvalue weighted by Gasteiger charge is -2.16. The first-order valence-electron chi connectivity index (χ1n) is 7.95. The van der Waals surface area contributed by atoms with Crippen molar-refractivity contribution in [2.24, 2.45) is 0 Å². The first-order chi connectivity index (χ1) is 11.4. The van der Waals surface area contributed by atoms with Gasteiger partial charge in [-0.15, -0.1) is 0 Å². The quantitative estimate of drug-likeness (QED) is 0.627. The van der Waals surface area contributed by atoms with Gasteiger partial charge in [-0.2, -0.15) is 0 Å². The van der Waals surface area contributed by atoms with Crippen LogP contribution in [0.25, 0.3) is 0 Å². The number of alkyl halides is 1. The molecule has 0 saturated carbocycles. The number of nitrogens with zero attached hydrogens (tertiary/aromatic N) is 1. The zero-order valence-corrected chi connectivity index (χ0v) is 15.0. The van der Waals surface area contributed by atoms with Crippen LogP contribution in [0.5, 0.6) is 0 Å². The van der Waals surface area contributed by atoms with E-state index >= 15 is 0 Å². The van der Waals surface area contributed by atoms with Gasteiger partial charge < -0.3 is 10.1 Å². The molecule has 1 heterocycles. The van der Waals surface area contributed by atoms with Crippen LogP contribution in [0, 0.1) is 0 Å². The average molecular weight is 395 g/mol. The SMILES string of the molecule is CC(=O)NCC1CN(c2ccc3c(c2)CC(Br)C(=O)CC3)C(=O)O1. The van der Waals surface area contributed by atoms with Crippen LogP contribution in [0.1, 0.15) is 24.5 Å². The number of hydrogen-bond donors (Lipinski definition) is 1. The lowest BCUT2D eigenvalue weighted by Crippen LogP contribution is -2.33. The average Bonchev–Trinajstić information content (AvgIpc) is 2.85. The molecule has 6 nitrogen and oxygen atoms in total. The van der Waals surface area contributed by atoms with Gasteiger partial charge in [0.1, 0.15) is 11.9 Å². The highest BCUT2D eigenvalue weighted by molar-refractivity contribution is 9.10. The molecule has 1 aliphatic heterocycles. The van der Waals surface area contributed by atoms with Gasteiger partial charge in [-0.05, 0) is 36.1 Å². The van der Waals surface area contributed by atoms with Gasteiger partial charge in [0.15, 0.2) is 0 Å². The van der Waals surface area contributed by atoms with Crippen molar-refractivity contribution >= 4 is 39.4 Å². The summed E-state index contributed by atoms with van der Waals surface area (Å²) >= 11 is 3.44. The predicted octanol–water partition coefficient (Wildman–Crippen LogP) is 1.97. The fraction of sp³-hybridized carbons (Fsp3) is 0.471. The van der Waals surface area contributed by atoms with Crippen molar-refractivity contribution in [1.29, 1.82) is 0 Å². The van der Waals surface area contributed by atoms with E-state index in [0.717, 1.165) is 23.2 Å². The standard InChI is InChI=1S/C17H19BrN2O4/c1-10(21)19-8-14-9-20(17(23)24-14)13-4-2-11-3-5-16(22)15(18)7-12(11)6-13/h2,4,6,14-15H,3,5,7-9H2,1H3,(H,19,21). The van der Waals surface area contributed by atoms with E-state index in [9.17, 15) is 14.4 Å². The van der Waals surface area contributed by atoms with Crippen LogP contribution < -0.4 is 10.2 Å². The molecule has 2 amide bonds. The number of fused-ring (bicyclic) bond motifs is 1. The highest BCUT2D eigenvalue weighted by Crippen LogP contribution is 2.29. The Balaban J connectivity index is 1.76. The third-order valence-electron chi connectivity index (χ3n) is 4.34. The normalized spacial score (nSPS) is 23.5. The molecule has 2 atom stereocenters. The summed E-state index contributed by atoms with van der Waals surface area (Å²) in [6.45, 7) is 2.13. The number of amides is 2. The summed E-state index contributed by atoms with van der Waals surface area (Å²) in [5.74, 6) is 0.0614. The molecular formula is C17H19BrN2O4. The molecule has 24 heavy (non-hydrogen) atoms. The van der Waals surface area contributed by atoms with Crippen molar-refractivity contribution in [3.63, 3.8) is 0 Å². The molecule has 0 spiro atoms. The van der Waals surface area contributed by atoms with Gasteiger partial charge in [-0.3, -0.25) is 14.5 Å². The third kappa shape index (κ3) is 3.61. The minimum absolute atomic E-state index is 0.150. The summed E-state index contributed by atoms with van der Waals surface area (Å²) in [7, 11) is 0. The Morgan fingerprint density at radius 3 is 2.88 bits per heavy atom. The molecule has 128 valence electrons. The molecule has 1 N–H and O–H groups in total. The van der Waals surface area contributed by atoms with Gasteiger partial charge in [0.05, 0.1) is 17.9 Å². The first-order valence-corrected chi connectivity index (χ1v) is 8.87. The van der Waals surface area contributed by atoms with E-state index in [1.165, 1.54) is 6.92 Å². The Labute approximate surface area is 148 Å². The van der Waals surface area contributed by atoms with Crippen LogP contribution in [0.2, 0.25) is 0 Å². The van der Waals surface area contributed by atoms with E-state index in [1.807, 2.05) is 18.2 Å². The number of aryl methyl sites for hydroxylation is 1. The van der Waals surface area contributed by atoms with E-state index in [1.54, 1.807) is 4.90 Å². The Bertz CT molecular complexity index is 691. The summed E-state index contributed by atoms with van der Waals surface area (Å²) < 4.78 is 5.29. The number of nitrogens with one attached hydrogen (secondary N) is 1. The predicted molar refractivity (Wildman–Crippen MR) is 92.5 cm³/mol. The van der Waals surface area contributed by atoms with Gasteiger partial charge >= 0.3 is 6.09 Å². The van der Waals surface area contributed by atoms with Gasteiger partial charge in [0.25, 0.3) is 0 Å². The zero-order chi connectivity index (χ0) is 17.3. The number of Topliss-reactive ketones (excluding diaryl/α,β-unsaturated/α-hetero) is 1. The Kier molecular flexibility index (Phi) is 4.89. The van der Waals surface area contributed by atoms with Crippen LogP contribution in [0.4, 0.5) is 10.5 Å². The minimum Gasteiger partial charge on any atom is -0.442 e. The number of carbonyl (C=O) groups excluding carboxylic acids is 3.